The number of thioether (sulfide) groups is 1. The van der Waals surface area contributed by atoms with E-state index in [9.17, 15) is 4.79 Å². The van der Waals surface area contributed by atoms with E-state index in [0.717, 1.165) is 21.3 Å². The highest BCUT2D eigenvalue weighted by molar-refractivity contribution is 9.10. The summed E-state index contributed by atoms with van der Waals surface area (Å²) in [5, 5.41) is 1.34. The van der Waals surface area contributed by atoms with Crippen LogP contribution in [0.5, 0.6) is 5.75 Å². The van der Waals surface area contributed by atoms with E-state index in [1.165, 1.54) is 17.3 Å². The van der Waals surface area contributed by atoms with Crippen molar-refractivity contribution in [3.63, 3.8) is 0 Å². The van der Waals surface area contributed by atoms with Gasteiger partial charge in [0, 0.05) is 10.2 Å². The fourth-order valence-corrected chi connectivity index (χ4v) is 4.32. The van der Waals surface area contributed by atoms with Crippen molar-refractivity contribution in [3.8, 4) is 5.75 Å². The maximum Gasteiger partial charge on any atom is 0.262 e. The average molecular weight is 481 g/mol. The van der Waals surface area contributed by atoms with Gasteiger partial charge in [-0.05, 0) is 42.8 Å². The van der Waals surface area contributed by atoms with Crippen molar-refractivity contribution in [3.05, 3.63) is 98.7 Å². The Balaban J connectivity index is 1.57. The molecule has 4 rings (SSSR count). The molecule has 0 N–H and O–H groups in total. The van der Waals surface area contributed by atoms with E-state index in [1.807, 2.05) is 48.5 Å². The molecule has 0 atom stereocenters. The summed E-state index contributed by atoms with van der Waals surface area (Å²) >= 11 is 4.99. The van der Waals surface area contributed by atoms with E-state index >= 15 is 0 Å². The molecule has 0 unspecified atom stereocenters. The largest absolute Gasteiger partial charge is 0.493 e. The van der Waals surface area contributed by atoms with Crippen LogP contribution in [-0.4, -0.2) is 21.9 Å². The summed E-state index contributed by atoms with van der Waals surface area (Å²) in [4.78, 5) is 18.0. The molecule has 0 bridgehead atoms. The van der Waals surface area contributed by atoms with Crippen LogP contribution in [0.3, 0.4) is 0 Å². The van der Waals surface area contributed by atoms with Crippen LogP contribution in [0.1, 0.15) is 11.1 Å². The van der Waals surface area contributed by atoms with E-state index in [0.29, 0.717) is 29.4 Å². The highest BCUT2D eigenvalue weighted by Gasteiger charge is 2.12. The van der Waals surface area contributed by atoms with Gasteiger partial charge in [0.25, 0.3) is 5.56 Å². The molecule has 0 spiro atoms. The SMILES string of the molecule is Cc1ccc(Cn2c(SCCOc3cccc(Br)c3)nc3ccccc3c2=O)cc1. The summed E-state index contributed by atoms with van der Waals surface area (Å²) in [6, 6.07) is 23.5. The Morgan fingerprint density at radius 2 is 1.83 bits per heavy atom. The molecule has 0 fully saturated rings. The Morgan fingerprint density at radius 3 is 2.63 bits per heavy atom. The lowest BCUT2D eigenvalue weighted by atomic mass is 10.1. The summed E-state index contributed by atoms with van der Waals surface area (Å²) in [5.74, 6) is 1.50. The Morgan fingerprint density at radius 1 is 1.03 bits per heavy atom. The first-order chi connectivity index (χ1) is 14.6. The quantitative estimate of drug-likeness (QED) is 0.193. The van der Waals surface area contributed by atoms with E-state index in [-0.39, 0.29) is 5.56 Å². The van der Waals surface area contributed by atoms with Crippen LogP contribution in [0, 0.1) is 6.92 Å². The molecule has 0 radical (unpaired) electrons. The second kappa shape index (κ2) is 9.49. The lowest BCUT2D eigenvalue weighted by Gasteiger charge is -2.14. The van der Waals surface area contributed by atoms with Gasteiger partial charge >= 0.3 is 0 Å². The molecule has 0 saturated heterocycles. The Kier molecular flexibility index (Phi) is 6.55. The number of aryl methyl sites for hydroxylation is 1. The van der Waals surface area contributed by atoms with Gasteiger partial charge in [-0.1, -0.05) is 75.7 Å². The maximum atomic E-state index is 13.2. The molecule has 6 heteroatoms. The molecule has 30 heavy (non-hydrogen) atoms. The van der Waals surface area contributed by atoms with E-state index < -0.39 is 0 Å². The van der Waals surface area contributed by atoms with Crippen LogP contribution >= 0.6 is 27.7 Å². The Hall–Kier alpha value is -2.57. The maximum absolute atomic E-state index is 13.2. The van der Waals surface area contributed by atoms with Gasteiger partial charge in [-0.15, -0.1) is 0 Å². The molecule has 0 saturated carbocycles. The molecule has 4 aromatic rings. The summed E-state index contributed by atoms with van der Waals surface area (Å²) < 4.78 is 8.57. The normalized spacial score (nSPS) is 11.0. The fraction of sp³-hybridized carbons (Fsp3) is 0.167. The van der Waals surface area contributed by atoms with Gasteiger partial charge in [-0.2, -0.15) is 0 Å². The molecule has 1 aromatic heterocycles. The molecule has 4 nitrogen and oxygen atoms in total. The van der Waals surface area contributed by atoms with Gasteiger partial charge in [0.15, 0.2) is 5.16 Å². The number of para-hydroxylation sites is 1. The topological polar surface area (TPSA) is 44.1 Å². The highest BCUT2D eigenvalue weighted by atomic mass is 79.9. The summed E-state index contributed by atoms with van der Waals surface area (Å²) in [6.07, 6.45) is 0. The van der Waals surface area contributed by atoms with E-state index in [4.69, 9.17) is 9.72 Å². The van der Waals surface area contributed by atoms with Gasteiger partial charge in [0.2, 0.25) is 0 Å². The average Bonchev–Trinajstić information content (AvgIpc) is 2.75. The smallest absolute Gasteiger partial charge is 0.262 e. The zero-order valence-electron chi connectivity index (χ0n) is 16.5. The van der Waals surface area contributed by atoms with Crippen molar-refractivity contribution in [2.24, 2.45) is 0 Å². The van der Waals surface area contributed by atoms with Gasteiger partial charge < -0.3 is 4.74 Å². The minimum Gasteiger partial charge on any atom is -0.493 e. The first-order valence-electron chi connectivity index (χ1n) is 9.66. The van der Waals surface area contributed by atoms with Gasteiger partial charge in [-0.3, -0.25) is 9.36 Å². The Bertz CT molecular complexity index is 1220. The molecule has 152 valence electrons. The molecular formula is C24H21BrN2O2S. The number of benzene rings is 3. The number of ether oxygens (including phenoxy) is 1. The predicted octanol–water partition coefficient (Wildman–Crippen LogP) is 5.69. The van der Waals surface area contributed by atoms with Gasteiger partial charge in [0.05, 0.1) is 24.1 Å². The van der Waals surface area contributed by atoms with Crippen LogP contribution in [0.25, 0.3) is 10.9 Å². The van der Waals surface area contributed by atoms with Crippen LogP contribution in [-0.2, 0) is 6.54 Å². The van der Waals surface area contributed by atoms with Crippen LogP contribution in [0.2, 0.25) is 0 Å². The standard InChI is InChI=1S/C24H21BrN2O2S/c1-17-9-11-18(12-10-17)16-27-23(28)21-7-2-3-8-22(21)26-24(27)30-14-13-29-20-6-4-5-19(25)15-20/h2-12,15H,13-14,16H2,1H3. The number of halogens is 1. The lowest BCUT2D eigenvalue weighted by molar-refractivity contribution is 0.343. The second-order valence-corrected chi connectivity index (χ2v) is 8.92. The third-order valence-corrected chi connectivity index (χ3v) is 6.10. The first kappa shape index (κ1) is 20.7. The number of rotatable bonds is 7. The minimum absolute atomic E-state index is 0.0171. The van der Waals surface area contributed by atoms with E-state index in [1.54, 1.807) is 4.57 Å². The third kappa shape index (κ3) is 4.94. The summed E-state index contributed by atoms with van der Waals surface area (Å²) in [6.45, 7) is 3.07. The van der Waals surface area contributed by atoms with Crippen LogP contribution < -0.4 is 10.3 Å². The number of nitrogens with zero attached hydrogens (tertiary/aromatic N) is 2. The van der Waals surface area contributed by atoms with Crippen LogP contribution in [0.4, 0.5) is 0 Å². The third-order valence-electron chi connectivity index (χ3n) is 4.67. The lowest BCUT2D eigenvalue weighted by Crippen LogP contribution is -2.24. The molecule has 0 amide bonds. The molecule has 0 aliphatic rings. The number of hydrogen-bond donors (Lipinski definition) is 0. The molecule has 0 aliphatic heterocycles. The molecular weight excluding hydrogens is 460 g/mol. The minimum atomic E-state index is -0.0171. The van der Waals surface area contributed by atoms with Gasteiger partial charge in [0.1, 0.15) is 5.75 Å². The van der Waals surface area contributed by atoms with Gasteiger partial charge in [-0.25, -0.2) is 4.98 Å². The number of aromatic nitrogens is 2. The van der Waals surface area contributed by atoms with Crippen molar-refractivity contribution in [2.45, 2.75) is 18.6 Å². The fourth-order valence-electron chi connectivity index (χ4n) is 3.12. The number of hydrogen-bond acceptors (Lipinski definition) is 4. The molecule has 1 heterocycles. The monoisotopic (exact) mass is 480 g/mol. The Labute approximate surface area is 188 Å². The summed E-state index contributed by atoms with van der Waals surface area (Å²) in [7, 11) is 0. The van der Waals surface area contributed by atoms with Crippen molar-refractivity contribution < 1.29 is 4.74 Å². The zero-order valence-corrected chi connectivity index (χ0v) is 18.9. The van der Waals surface area contributed by atoms with E-state index in [2.05, 4.69) is 47.1 Å². The first-order valence-corrected chi connectivity index (χ1v) is 11.4. The molecule has 3 aromatic carbocycles. The van der Waals surface area contributed by atoms with Crippen molar-refractivity contribution in [2.75, 3.05) is 12.4 Å². The van der Waals surface area contributed by atoms with Crippen molar-refractivity contribution in [1.82, 2.24) is 9.55 Å². The highest BCUT2D eigenvalue weighted by Crippen LogP contribution is 2.21. The van der Waals surface area contributed by atoms with Crippen LogP contribution in [0.15, 0.2) is 87.2 Å². The summed E-state index contributed by atoms with van der Waals surface area (Å²) in [5.41, 5.74) is 2.98. The number of fused-ring (bicyclic) bond motifs is 1. The predicted molar refractivity (Wildman–Crippen MR) is 127 cm³/mol. The second-order valence-electron chi connectivity index (χ2n) is 6.94. The zero-order chi connectivity index (χ0) is 20.9. The molecule has 0 aliphatic carbocycles. The van der Waals surface area contributed by atoms with Crippen molar-refractivity contribution in [1.29, 1.82) is 0 Å². The van der Waals surface area contributed by atoms with Crippen molar-refractivity contribution >= 4 is 38.6 Å².